The lowest BCUT2D eigenvalue weighted by Crippen LogP contribution is -2.11. The van der Waals surface area contributed by atoms with Crippen LogP contribution >= 0.6 is 0 Å². The number of nitrogens with zero attached hydrogens (tertiary/aromatic N) is 4. The molecule has 0 fully saturated rings. The quantitative estimate of drug-likeness (QED) is 0.526. The molecule has 3 heterocycles. The predicted molar refractivity (Wildman–Crippen MR) is 122 cm³/mol. The maximum absolute atomic E-state index is 12.1. The fraction of sp³-hybridized carbons (Fsp3) is 0.333. The maximum atomic E-state index is 12.1. The van der Waals surface area contributed by atoms with Crippen molar-refractivity contribution >= 4 is 33.1 Å². The van der Waals surface area contributed by atoms with Gasteiger partial charge in [-0.15, -0.1) is 0 Å². The van der Waals surface area contributed by atoms with Gasteiger partial charge in [0, 0.05) is 43.7 Å². The Kier molecular flexibility index (Phi) is 6.78. The lowest BCUT2D eigenvalue weighted by Gasteiger charge is -2.17. The van der Waals surface area contributed by atoms with E-state index in [0.717, 1.165) is 6.26 Å². The highest BCUT2D eigenvalue weighted by molar-refractivity contribution is 7.90. The van der Waals surface area contributed by atoms with Crippen LogP contribution in [0.25, 0.3) is 11.3 Å². The van der Waals surface area contributed by atoms with Crippen molar-refractivity contribution in [3.05, 3.63) is 36.7 Å². The van der Waals surface area contributed by atoms with Crippen LogP contribution in [0.15, 0.2) is 41.7 Å². The number of carbonyl (C=O) groups is 1. The number of ether oxygens (including phenoxy) is 1. The first-order chi connectivity index (χ1) is 15.1. The van der Waals surface area contributed by atoms with Crippen molar-refractivity contribution in [2.45, 2.75) is 45.4 Å². The van der Waals surface area contributed by atoms with Gasteiger partial charge in [-0.05, 0) is 39.0 Å². The molecule has 2 N–H and O–H groups in total. The third-order valence-corrected chi connectivity index (χ3v) is 5.26. The van der Waals surface area contributed by atoms with E-state index < -0.39 is 9.84 Å². The number of anilines is 3. The van der Waals surface area contributed by atoms with Crippen molar-refractivity contribution in [1.29, 1.82) is 0 Å². The van der Waals surface area contributed by atoms with Crippen LogP contribution in [-0.2, 0) is 21.2 Å². The zero-order chi connectivity index (χ0) is 23.5. The Morgan fingerprint density at radius 3 is 2.59 bits per heavy atom. The second-order valence-corrected chi connectivity index (χ2v) is 9.38. The van der Waals surface area contributed by atoms with Crippen molar-refractivity contribution in [2.24, 2.45) is 0 Å². The molecule has 3 aromatic rings. The van der Waals surface area contributed by atoms with Crippen LogP contribution in [0.2, 0.25) is 0 Å². The molecule has 1 amide bonds. The Bertz CT molecular complexity index is 1240. The topological polar surface area (TPSA) is 128 Å². The average Bonchev–Trinajstić information content (AvgIpc) is 3.17. The second-order valence-electron chi connectivity index (χ2n) is 7.41. The largest absolute Gasteiger partial charge is 0.487 e. The van der Waals surface area contributed by atoms with Crippen molar-refractivity contribution in [2.75, 3.05) is 16.9 Å². The van der Waals surface area contributed by atoms with Gasteiger partial charge >= 0.3 is 0 Å². The summed E-state index contributed by atoms with van der Waals surface area (Å²) in [6.07, 6.45) is 4.36. The number of pyridine rings is 2. The number of nitrogens with one attached hydrogen (secondary N) is 2. The van der Waals surface area contributed by atoms with E-state index in [1.165, 1.54) is 13.0 Å². The minimum absolute atomic E-state index is 0.0935. The molecule has 0 atom stereocenters. The summed E-state index contributed by atoms with van der Waals surface area (Å²) in [6, 6.07) is 6.44. The van der Waals surface area contributed by atoms with Crippen LogP contribution < -0.4 is 15.4 Å². The van der Waals surface area contributed by atoms with Crippen LogP contribution in [0, 0.1) is 0 Å². The third kappa shape index (κ3) is 5.61. The molecule has 32 heavy (non-hydrogen) atoms. The van der Waals surface area contributed by atoms with Crippen LogP contribution in [0.3, 0.4) is 0 Å². The van der Waals surface area contributed by atoms with Gasteiger partial charge in [0.2, 0.25) is 5.91 Å². The molecule has 0 aliphatic heterocycles. The molecule has 3 aromatic heterocycles. The van der Waals surface area contributed by atoms with Gasteiger partial charge in [-0.1, -0.05) is 0 Å². The predicted octanol–water partition coefficient (Wildman–Crippen LogP) is 3.25. The number of carbonyl (C=O) groups excluding carboxylic acids is 1. The molecule has 0 aliphatic carbocycles. The normalized spacial score (nSPS) is 11.4. The molecule has 0 saturated carbocycles. The van der Waals surface area contributed by atoms with Gasteiger partial charge < -0.3 is 15.4 Å². The van der Waals surface area contributed by atoms with Crippen LogP contribution in [0.4, 0.5) is 17.3 Å². The maximum Gasteiger partial charge on any atom is 0.222 e. The highest BCUT2D eigenvalue weighted by Gasteiger charge is 2.18. The molecule has 10 nitrogen and oxygen atoms in total. The van der Waals surface area contributed by atoms with Crippen LogP contribution in [-0.4, -0.2) is 46.4 Å². The molecule has 0 spiro atoms. The monoisotopic (exact) mass is 458 g/mol. The van der Waals surface area contributed by atoms with Crippen LogP contribution in [0.5, 0.6) is 5.75 Å². The molecule has 0 unspecified atom stereocenters. The number of aryl methyl sites for hydroxylation is 1. The first-order valence-corrected chi connectivity index (χ1v) is 11.9. The molecular weight excluding hydrogens is 432 g/mol. The summed E-state index contributed by atoms with van der Waals surface area (Å²) in [7, 11) is -3.54. The number of amides is 1. The lowest BCUT2D eigenvalue weighted by molar-refractivity contribution is -0.114. The Balaban J connectivity index is 2.13. The highest BCUT2D eigenvalue weighted by atomic mass is 32.2. The molecular formula is C21H26N6O4S. The molecule has 0 aliphatic rings. The average molecular weight is 459 g/mol. The van der Waals surface area contributed by atoms with Crippen molar-refractivity contribution in [1.82, 2.24) is 19.7 Å². The molecule has 0 aromatic carbocycles. The number of hydrogen-bond donors (Lipinski definition) is 2. The standard InChI is InChI=1S/C21H26N6O4S/c1-6-27-10-9-16(26-27)15-12-22-19(23-14(4)28)11-17(15)24-21-18(31-13(2)3)7-8-20(25-21)32(5,29)30/h7-13H,6H2,1-5H3,(H2,22,23,24,25,28). The minimum atomic E-state index is -3.54. The minimum Gasteiger partial charge on any atom is -0.487 e. The molecule has 170 valence electrons. The number of rotatable bonds is 8. The van der Waals surface area contributed by atoms with Gasteiger partial charge in [0.1, 0.15) is 5.82 Å². The fourth-order valence-electron chi connectivity index (χ4n) is 2.89. The Labute approximate surface area is 187 Å². The van der Waals surface area contributed by atoms with E-state index in [9.17, 15) is 13.2 Å². The Morgan fingerprint density at radius 2 is 2.00 bits per heavy atom. The molecule has 0 bridgehead atoms. The van der Waals surface area contributed by atoms with Gasteiger partial charge in [-0.25, -0.2) is 18.4 Å². The molecule has 3 rings (SSSR count). The van der Waals surface area contributed by atoms with Crippen molar-refractivity contribution in [3.63, 3.8) is 0 Å². The van der Waals surface area contributed by atoms with Gasteiger partial charge in [0.25, 0.3) is 0 Å². The van der Waals surface area contributed by atoms with E-state index >= 15 is 0 Å². The smallest absolute Gasteiger partial charge is 0.222 e. The summed E-state index contributed by atoms with van der Waals surface area (Å²) in [4.78, 5) is 20.1. The van der Waals surface area contributed by atoms with Gasteiger partial charge in [-0.2, -0.15) is 5.10 Å². The summed E-state index contributed by atoms with van der Waals surface area (Å²) in [5.41, 5.74) is 1.83. The highest BCUT2D eigenvalue weighted by Crippen LogP contribution is 2.34. The van der Waals surface area contributed by atoms with E-state index in [1.807, 2.05) is 33.0 Å². The van der Waals surface area contributed by atoms with Crippen molar-refractivity contribution in [3.8, 4) is 17.0 Å². The Morgan fingerprint density at radius 1 is 1.25 bits per heavy atom. The fourth-order valence-corrected chi connectivity index (χ4v) is 3.47. The first kappa shape index (κ1) is 23.2. The lowest BCUT2D eigenvalue weighted by atomic mass is 10.1. The molecule has 11 heteroatoms. The summed E-state index contributed by atoms with van der Waals surface area (Å²) in [6.45, 7) is 7.78. The summed E-state index contributed by atoms with van der Waals surface area (Å²) < 4.78 is 31.7. The number of hydrogen-bond acceptors (Lipinski definition) is 8. The first-order valence-electron chi connectivity index (χ1n) is 10.0. The van der Waals surface area contributed by atoms with E-state index in [4.69, 9.17) is 4.74 Å². The summed E-state index contributed by atoms with van der Waals surface area (Å²) in [5, 5.41) is 10.2. The molecule has 0 saturated heterocycles. The number of aromatic nitrogens is 4. The van der Waals surface area contributed by atoms with Gasteiger partial charge in [-0.3, -0.25) is 9.48 Å². The summed E-state index contributed by atoms with van der Waals surface area (Å²) in [5.74, 6) is 0.657. The van der Waals surface area contributed by atoms with Crippen molar-refractivity contribution < 1.29 is 17.9 Å². The Hall–Kier alpha value is -3.47. The van der Waals surface area contributed by atoms with Gasteiger partial charge in [0.05, 0.1) is 17.5 Å². The van der Waals surface area contributed by atoms with Crippen LogP contribution in [0.1, 0.15) is 27.7 Å². The van der Waals surface area contributed by atoms with E-state index in [-0.39, 0.29) is 22.9 Å². The summed E-state index contributed by atoms with van der Waals surface area (Å²) >= 11 is 0. The van der Waals surface area contributed by atoms with Gasteiger partial charge in [0.15, 0.2) is 26.4 Å². The van der Waals surface area contributed by atoms with E-state index in [2.05, 4.69) is 25.7 Å². The zero-order valence-corrected chi connectivity index (χ0v) is 19.4. The zero-order valence-electron chi connectivity index (χ0n) is 18.6. The van der Waals surface area contributed by atoms with E-state index in [0.29, 0.717) is 35.1 Å². The van der Waals surface area contributed by atoms with E-state index in [1.54, 1.807) is 23.0 Å². The molecule has 0 radical (unpaired) electrons. The SMILES string of the molecule is CCn1ccc(-c2cnc(NC(C)=O)cc2Nc2nc(S(C)(=O)=O)ccc2OC(C)C)n1. The second kappa shape index (κ2) is 9.35. The number of sulfone groups is 1. The third-order valence-electron chi connectivity index (χ3n) is 4.28.